The van der Waals surface area contributed by atoms with Crippen LogP contribution in [0.5, 0.6) is 5.75 Å². The summed E-state index contributed by atoms with van der Waals surface area (Å²) >= 11 is 0. The standard InChI is InChI=1S/C26H27N3O2/c1-31-25-13-7-6-12-24(25)27-16-18-28(19-17-27)26(30)29-22-10-4-2-8-20(22)14-15-21-9-3-5-11-23(21)29/h2-13H,14-19H2,1H3. The van der Waals surface area contributed by atoms with Crippen LogP contribution in [-0.4, -0.2) is 44.2 Å². The summed E-state index contributed by atoms with van der Waals surface area (Å²) in [6.45, 7) is 2.92. The molecular formula is C26H27N3O2. The number of aryl methyl sites for hydroxylation is 2. The average molecular weight is 414 g/mol. The van der Waals surface area contributed by atoms with Gasteiger partial charge in [0.2, 0.25) is 0 Å². The molecule has 5 rings (SSSR count). The summed E-state index contributed by atoms with van der Waals surface area (Å²) in [4.78, 5) is 20.0. The third-order valence-electron chi connectivity index (χ3n) is 6.30. The molecule has 2 heterocycles. The number of hydrogen-bond acceptors (Lipinski definition) is 3. The molecule has 0 bridgehead atoms. The monoisotopic (exact) mass is 413 g/mol. The minimum atomic E-state index is 0.0569. The molecule has 31 heavy (non-hydrogen) atoms. The van der Waals surface area contributed by atoms with Crippen molar-refractivity contribution in [3.8, 4) is 5.75 Å². The lowest BCUT2D eigenvalue weighted by atomic mass is 10.0. The van der Waals surface area contributed by atoms with E-state index in [1.165, 1.54) is 11.1 Å². The van der Waals surface area contributed by atoms with Gasteiger partial charge >= 0.3 is 6.03 Å². The molecule has 0 radical (unpaired) electrons. The van der Waals surface area contributed by atoms with Crippen molar-refractivity contribution >= 4 is 23.1 Å². The lowest BCUT2D eigenvalue weighted by Crippen LogP contribution is -2.52. The third-order valence-corrected chi connectivity index (χ3v) is 6.30. The maximum Gasteiger partial charge on any atom is 0.329 e. The van der Waals surface area contributed by atoms with Gasteiger partial charge in [0.1, 0.15) is 5.75 Å². The van der Waals surface area contributed by atoms with E-state index in [2.05, 4.69) is 47.4 Å². The number of ether oxygens (including phenoxy) is 1. The van der Waals surface area contributed by atoms with Gasteiger partial charge in [0.15, 0.2) is 0 Å². The Balaban J connectivity index is 1.41. The maximum absolute atomic E-state index is 13.8. The lowest BCUT2D eigenvalue weighted by Gasteiger charge is -2.39. The van der Waals surface area contributed by atoms with E-state index in [-0.39, 0.29) is 6.03 Å². The van der Waals surface area contributed by atoms with Gasteiger partial charge in [-0.25, -0.2) is 4.79 Å². The summed E-state index contributed by atoms with van der Waals surface area (Å²) in [6.07, 6.45) is 1.89. The second-order valence-electron chi connectivity index (χ2n) is 8.02. The Morgan fingerprint density at radius 1 is 0.710 bits per heavy atom. The zero-order valence-electron chi connectivity index (χ0n) is 17.8. The molecule has 5 nitrogen and oxygen atoms in total. The Hall–Kier alpha value is -3.47. The zero-order valence-corrected chi connectivity index (χ0v) is 17.8. The first kappa shape index (κ1) is 19.5. The highest BCUT2D eigenvalue weighted by atomic mass is 16.5. The number of amides is 2. The van der Waals surface area contributed by atoms with E-state index >= 15 is 0 Å². The van der Waals surface area contributed by atoms with Gasteiger partial charge in [-0.15, -0.1) is 0 Å². The van der Waals surface area contributed by atoms with Crippen LogP contribution >= 0.6 is 0 Å². The van der Waals surface area contributed by atoms with Crippen LogP contribution in [0.1, 0.15) is 11.1 Å². The van der Waals surface area contributed by atoms with Gasteiger partial charge in [0.05, 0.1) is 24.2 Å². The van der Waals surface area contributed by atoms with Crippen molar-refractivity contribution in [1.82, 2.24) is 4.90 Å². The number of nitrogens with zero attached hydrogens (tertiary/aromatic N) is 3. The van der Waals surface area contributed by atoms with E-state index < -0.39 is 0 Å². The minimum absolute atomic E-state index is 0.0569. The van der Waals surface area contributed by atoms with E-state index in [4.69, 9.17) is 4.74 Å². The molecule has 3 aromatic carbocycles. The van der Waals surface area contributed by atoms with Crippen molar-refractivity contribution in [2.75, 3.05) is 43.1 Å². The molecule has 2 aliphatic rings. The summed E-state index contributed by atoms with van der Waals surface area (Å²) in [5.41, 5.74) is 5.54. The highest BCUT2D eigenvalue weighted by Gasteiger charge is 2.31. The van der Waals surface area contributed by atoms with Crippen molar-refractivity contribution in [3.05, 3.63) is 83.9 Å². The van der Waals surface area contributed by atoms with Crippen molar-refractivity contribution in [1.29, 1.82) is 0 Å². The van der Waals surface area contributed by atoms with E-state index in [0.717, 1.165) is 48.7 Å². The molecule has 158 valence electrons. The number of carbonyl (C=O) groups excluding carboxylic acids is 1. The Kier molecular flexibility index (Phi) is 5.24. The molecule has 0 N–H and O–H groups in total. The van der Waals surface area contributed by atoms with E-state index in [0.29, 0.717) is 13.1 Å². The van der Waals surface area contributed by atoms with Crippen LogP contribution in [0.3, 0.4) is 0 Å². The Bertz CT molecular complexity index is 1040. The molecule has 1 saturated heterocycles. The van der Waals surface area contributed by atoms with Crippen LogP contribution < -0.4 is 14.5 Å². The second-order valence-corrected chi connectivity index (χ2v) is 8.02. The van der Waals surface area contributed by atoms with Crippen LogP contribution in [0.2, 0.25) is 0 Å². The number of anilines is 3. The quantitative estimate of drug-likeness (QED) is 0.601. The molecule has 0 saturated carbocycles. The predicted octanol–water partition coefficient (Wildman–Crippen LogP) is 4.87. The number of para-hydroxylation sites is 4. The molecule has 0 aliphatic carbocycles. The Morgan fingerprint density at radius 2 is 1.23 bits per heavy atom. The van der Waals surface area contributed by atoms with Crippen molar-refractivity contribution in [2.45, 2.75) is 12.8 Å². The van der Waals surface area contributed by atoms with Gasteiger partial charge in [0, 0.05) is 26.2 Å². The zero-order chi connectivity index (χ0) is 21.2. The van der Waals surface area contributed by atoms with Crippen LogP contribution in [0, 0.1) is 0 Å². The number of carbonyl (C=O) groups is 1. The first-order valence-corrected chi connectivity index (χ1v) is 10.9. The first-order valence-electron chi connectivity index (χ1n) is 10.9. The van der Waals surface area contributed by atoms with Crippen molar-refractivity contribution in [3.63, 3.8) is 0 Å². The Morgan fingerprint density at radius 3 is 1.81 bits per heavy atom. The highest BCUT2D eigenvalue weighted by molar-refractivity contribution is 6.01. The van der Waals surface area contributed by atoms with Gasteiger partial charge < -0.3 is 14.5 Å². The molecular weight excluding hydrogens is 386 g/mol. The van der Waals surface area contributed by atoms with E-state index in [1.807, 2.05) is 40.1 Å². The fourth-order valence-corrected chi connectivity index (χ4v) is 4.66. The maximum atomic E-state index is 13.8. The summed E-state index contributed by atoms with van der Waals surface area (Å²) in [5.74, 6) is 0.873. The topological polar surface area (TPSA) is 36.0 Å². The van der Waals surface area contributed by atoms with Crippen LogP contribution in [0.4, 0.5) is 21.9 Å². The smallest absolute Gasteiger partial charge is 0.329 e. The molecule has 0 spiro atoms. The Labute approximate surface area is 183 Å². The van der Waals surface area contributed by atoms with Crippen LogP contribution in [-0.2, 0) is 12.8 Å². The fraction of sp³-hybridized carbons (Fsp3) is 0.269. The normalized spacial score (nSPS) is 15.7. The molecule has 1 fully saturated rings. The lowest BCUT2D eigenvalue weighted by molar-refractivity contribution is 0.203. The van der Waals surface area contributed by atoms with Crippen LogP contribution in [0.25, 0.3) is 0 Å². The minimum Gasteiger partial charge on any atom is -0.495 e. The van der Waals surface area contributed by atoms with Crippen molar-refractivity contribution in [2.24, 2.45) is 0 Å². The summed E-state index contributed by atoms with van der Waals surface area (Å²) in [7, 11) is 1.70. The SMILES string of the molecule is COc1ccccc1N1CCN(C(=O)N2c3ccccc3CCc3ccccc32)CC1. The number of fused-ring (bicyclic) bond motifs is 2. The molecule has 0 aromatic heterocycles. The fourth-order valence-electron chi connectivity index (χ4n) is 4.66. The summed E-state index contributed by atoms with van der Waals surface area (Å²) in [6, 6.07) is 24.7. The van der Waals surface area contributed by atoms with E-state index in [1.54, 1.807) is 7.11 Å². The molecule has 0 atom stereocenters. The third kappa shape index (κ3) is 3.61. The largest absolute Gasteiger partial charge is 0.495 e. The number of hydrogen-bond donors (Lipinski definition) is 0. The van der Waals surface area contributed by atoms with Gasteiger partial charge in [0.25, 0.3) is 0 Å². The molecule has 2 amide bonds. The van der Waals surface area contributed by atoms with Gasteiger partial charge in [-0.05, 0) is 48.2 Å². The number of urea groups is 1. The number of rotatable bonds is 2. The number of piperazine rings is 1. The van der Waals surface area contributed by atoms with Gasteiger partial charge in [-0.2, -0.15) is 0 Å². The first-order chi connectivity index (χ1) is 15.3. The highest BCUT2D eigenvalue weighted by Crippen LogP contribution is 2.37. The van der Waals surface area contributed by atoms with Gasteiger partial charge in [-0.3, -0.25) is 4.90 Å². The molecule has 3 aromatic rings. The number of benzene rings is 3. The van der Waals surface area contributed by atoms with Gasteiger partial charge in [-0.1, -0.05) is 48.5 Å². The van der Waals surface area contributed by atoms with E-state index in [9.17, 15) is 4.79 Å². The van der Waals surface area contributed by atoms with Crippen molar-refractivity contribution < 1.29 is 9.53 Å². The summed E-state index contributed by atoms with van der Waals surface area (Å²) in [5, 5.41) is 0. The summed E-state index contributed by atoms with van der Waals surface area (Å²) < 4.78 is 5.53. The molecule has 5 heteroatoms. The predicted molar refractivity (Wildman–Crippen MR) is 125 cm³/mol. The average Bonchev–Trinajstić information content (AvgIpc) is 3.00. The second kappa shape index (κ2) is 8.34. The van der Waals surface area contributed by atoms with Crippen LogP contribution in [0.15, 0.2) is 72.8 Å². The number of methoxy groups -OCH3 is 1. The molecule has 0 unspecified atom stereocenters. The molecule has 2 aliphatic heterocycles.